The van der Waals surface area contributed by atoms with Crippen molar-refractivity contribution < 1.29 is 8.42 Å². The smallest absolute Gasteiger partial charge is 0.243 e. The van der Waals surface area contributed by atoms with E-state index in [0.717, 1.165) is 11.3 Å². The van der Waals surface area contributed by atoms with Gasteiger partial charge in [-0.2, -0.15) is 4.31 Å². The van der Waals surface area contributed by atoms with Crippen LogP contribution < -0.4 is 5.32 Å². The van der Waals surface area contributed by atoms with Crippen LogP contribution in [0, 0.1) is 19.8 Å². The molecule has 2 heterocycles. The standard InChI is InChI=1S/C23H28N2O2S2/c1-17-4-10-21(11-5-17)28-16-23-15-25(14-20(23)9-8-19(3)24-23)29(26,27)22-12-6-18(2)7-13-22/h4-13,19-20,24H,14-16H2,1-3H3/t19-,20-,23+/m1/s1. The lowest BCUT2D eigenvalue weighted by Crippen LogP contribution is -2.58. The Morgan fingerprint density at radius 3 is 2.31 bits per heavy atom. The van der Waals surface area contributed by atoms with Gasteiger partial charge in [0.05, 0.1) is 4.90 Å². The molecule has 2 aliphatic rings. The monoisotopic (exact) mass is 428 g/mol. The minimum absolute atomic E-state index is 0.164. The average molecular weight is 429 g/mol. The highest BCUT2D eigenvalue weighted by atomic mass is 32.2. The number of sulfonamides is 1. The van der Waals surface area contributed by atoms with E-state index in [2.05, 4.69) is 55.6 Å². The number of thioether (sulfide) groups is 1. The molecule has 1 fully saturated rings. The first kappa shape index (κ1) is 20.7. The molecule has 2 aromatic rings. The lowest BCUT2D eigenvalue weighted by atomic mass is 9.84. The van der Waals surface area contributed by atoms with Crippen LogP contribution in [0.2, 0.25) is 0 Å². The molecule has 2 aliphatic heterocycles. The van der Waals surface area contributed by atoms with Crippen molar-refractivity contribution in [3.63, 3.8) is 0 Å². The normalized spacial score (nSPS) is 27.1. The first-order valence-corrected chi connectivity index (χ1v) is 12.4. The van der Waals surface area contributed by atoms with E-state index >= 15 is 0 Å². The summed E-state index contributed by atoms with van der Waals surface area (Å²) >= 11 is 1.80. The summed E-state index contributed by atoms with van der Waals surface area (Å²) < 4.78 is 28.2. The Labute approximate surface area is 178 Å². The molecular formula is C23H28N2O2S2. The molecule has 0 aliphatic carbocycles. The van der Waals surface area contributed by atoms with Gasteiger partial charge in [0.2, 0.25) is 10.0 Å². The van der Waals surface area contributed by atoms with Crippen molar-refractivity contribution in [1.29, 1.82) is 0 Å². The summed E-state index contributed by atoms with van der Waals surface area (Å²) in [6, 6.07) is 15.9. The Morgan fingerprint density at radius 2 is 1.66 bits per heavy atom. The van der Waals surface area contributed by atoms with Gasteiger partial charge >= 0.3 is 0 Å². The summed E-state index contributed by atoms with van der Waals surface area (Å²) in [7, 11) is -3.51. The maximum Gasteiger partial charge on any atom is 0.243 e. The molecule has 0 bridgehead atoms. The van der Waals surface area contributed by atoms with E-state index in [1.165, 1.54) is 10.5 Å². The Bertz CT molecular complexity index is 1000. The van der Waals surface area contributed by atoms with E-state index in [0.29, 0.717) is 18.0 Å². The van der Waals surface area contributed by atoms with Gasteiger partial charge in [-0.15, -0.1) is 11.8 Å². The molecule has 4 nitrogen and oxygen atoms in total. The number of rotatable bonds is 5. The van der Waals surface area contributed by atoms with Crippen LogP contribution in [-0.2, 0) is 10.0 Å². The Morgan fingerprint density at radius 1 is 1.03 bits per heavy atom. The van der Waals surface area contributed by atoms with E-state index in [1.54, 1.807) is 28.2 Å². The quantitative estimate of drug-likeness (QED) is 0.578. The van der Waals surface area contributed by atoms with Gasteiger partial charge in [0.15, 0.2) is 0 Å². The van der Waals surface area contributed by atoms with Gasteiger partial charge in [0.1, 0.15) is 0 Å². The van der Waals surface area contributed by atoms with Crippen LogP contribution in [0.4, 0.5) is 0 Å². The second-order valence-electron chi connectivity index (χ2n) is 8.29. The Hall–Kier alpha value is -1.60. The number of fused-ring (bicyclic) bond motifs is 1. The Kier molecular flexibility index (Phi) is 5.64. The number of benzene rings is 2. The van der Waals surface area contributed by atoms with Gasteiger partial charge in [-0.05, 0) is 45.0 Å². The van der Waals surface area contributed by atoms with Crippen LogP contribution in [0.25, 0.3) is 0 Å². The third kappa shape index (κ3) is 4.17. The van der Waals surface area contributed by atoms with Crippen LogP contribution in [-0.4, -0.2) is 43.1 Å². The molecule has 0 saturated carbocycles. The van der Waals surface area contributed by atoms with Crippen molar-refractivity contribution in [3.8, 4) is 0 Å². The first-order valence-electron chi connectivity index (χ1n) is 10.0. The van der Waals surface area contributed by atoms with E-state index in [1.807, 2.05) is 19.1 Å². The highest BCUT2D eigenvalue weighted by Crippen LogP contribution is 2.39. The zero-order valence-corrected chi connectivity index (χ0v) is 18.8. The number of hydrogen-bond acceptors (Lipinski definition) is 4. The maximum absolute atomic E-state index is 13.3. The van der Waals surface area contributed by atoms with Crippen LogP contribution in [0.1, 0.15) is 18.1 Å². The van der Waals surface area contributed by atoms with E-state index < -0.39 is 10.0 Å². The molecule has 2 aromatic carbocycles. The summed E-state index contributed by atoms with van der Waals surface area (Å²) in [6.07, 6.45) is 4.36. The zero-order valence-electron chi connectivity index (χ0n) is 17.1. The number of hydrogen-bond donors (Lipinski definition) is 1. The second-order valence-corrected chi connectivity index (χ2v) is 11.3. The topological polar surface area (TPSA) is 49.4 Å². The van der Waals surface area contributed by atoms with Gasteiger partial charge in [-0.1, -0.05) is 47.5 Å². The number of nitrogens with one attached hydrogen (secondary N) is 1. The molecule has 1 N–H and O–H groups in total. The molecule has 1 saturated heterocycles. The molecule has 0 spiro atoms. The SMILES string of the molecule is Cc1ccc(SC[C@@]23CN(S(=O)(=O)c4ccc(C)cc4)C[C@H]2C=C[C@@H](C)N3)cc1. The van der Waals surface area contributed by atoms with Gasteiger partial charge < -0.3 is 5.32 Å². The predicted octanol–water partition coefficient (Wildman–Crippen LogP) is 4.00. The fourth-order valence-corrected chi connectivity index (χ4v) is 6.85. The van der Waals surface area contributed by atoms with Crippen molar-refractivity contribution >= 4 is 21.8 Å². The summed E-state index contributed by atoms with van der Waals surface area (Å²) in [5, 5.41) is 3.72. The molecule has 0 unspecified atom stereocenters. The van der Waals surface area contributed by atoms with Crippen molar-refractivity contribution in [2.24, 2.45) is 5.92 Å². The van der Waals surface area contributed by atoms with Gasteiger partial charge in [0.25, 0.3) is 0 Å². The maximum atomic E-state index is 13.3. The molecule has 0 radical (unpaired) electrons. The fourth-order valence-electron chi connectivity index (χ4n) is 4.17. The minimum atomic E-state index is -3.51. The third-order valence-corrected chi connectivity index (χ3v) is 8.98. The molecule has 154 valence electrons. The van der Waals surface area contributed by atoms with Crippen LogP contribution in [0.15, 0.2) is 70.5 Å². The third-order valence-electron chi connectivity index (χ3n) is 5.89. The Balaban J connectivity index is 1.58. The predicted molar refractivity (Wildman–Crippen MR) is 120 cm³/mol. The number of nitrogens with zero attached hydrogens (tertiary/aromatic N) is 1. The summed E-state index contributed by atoms with van der Waals surface area (Å²) in [5.74, 6) is 0.992. The van der Waals surface area contributed by atoms with E-state index in [-0.39, 0.29) is 17.5 Å². The van der Waals surface area contributed by atoms with Gasteiger partial charge in [0, 0.05) is 41.2 Å². The molecule has 6 heteroatoms. The fraction of sp³-hybridized carbons (Fsp3) is 0.391. The van der Waals surface area contributed by atoms with Crippen molar-refractivity contribution in [2.45, 2.75) is 42.1 Å². The van der Waals surface area contributed by atoms with Crippen molar-refractivity contribution in [3.05, 3.63) is 71.8 Å². The van der Waals surface area contributed by atoms with E-state index in [4.69, 9.17) is 0 Å². The number of aryl methyl sites for hydroxylation is 2. The second kappa shape index (κ2) is 7.91. The van der Waals surface area contributed by atoms with Gasteiger partial charge in [-0.3, -0.25) is 0 Å². The highest BCUT2D eigenvalue weighted by Gasteiger charge is 2.50. The van der Waals surface area contributed by atoms with Crippen LogP contribution in [0.3, 0.4) is 0 Å². The van der Waals surface area contributed by atoms with E-state index in [9.17, 15) is 8.42 Å². The molecule has 3 atom stereocenters. The minimum Gasteiger partial charge on any atom is -0.303 e. The van der Waals surface area contributed by atoms with Crippen LogP contribution in [0.5, 0.6) is 0 Å². The molecular weight excluding hydrogens is 400 g/mol. The lowest BCUT2D eigenvalue weighted by Gasteiger charge is -2.39. The molecule has 29 heavy (non-hydrogen) atoms. The molecule has 0 amide bonds. The summed E-state index contributed by atoms with van der Waals surface area (Å²) in [4.78, 5) is 1.59. The lowest BCUT2D eigenvalue weighted by molar-refractivity contribution is 0.302. The largest absolute Gasteiger partial charge is 0.303 e. The van der Waals surface area contributed by atoms with Gasteiger partial charge in [-0.25, -0.2) is 8.42 Å². The summed E-state index contributed by atoms with van der Waals surface area (Å²) in [5.41, 5.74) is 2.04. The average Bonchev–Trinajstić information content (AvgIpc) is 3.08. The highest BCUT2D eigenvalue weighted by molar-refractivity contribution is 7.99. The molecule has 4 rings (SSSR count). The van der Waals surface area contributed by atoms with Crippen LogP contribution >= 0.6 is 11.8 Å². The first-order chi connectivity index (χ1) is 13.8. The van der Waals surface area contributed by atoms with Crippen molar-refractivity contribution in [1.82, 2.24) is 9.62 Å². The molecule has 0 aromatic heterocycles. The zero-order chi connectivity index (χ0) is 20.6. The van der Waals surface area contributed by atoms with Crippen molar-refractivity contribution in [2.75, 3.05) is 18.8 Å². The summed E-state index contributed by atoms with van der Waals surface area (Å²) in [6.45, 7) is 7.18.